The number of anilines is 1. The number of hydrogen-bond donors (Lipinski definition) is 1. The fourth-order valence-electron chi connectivity index (χ4n) is 2.65. The number of rotatable bonds is 4. The summed E-state index contributed by atoms with van der Waals surface area (Å²) in [7, 11) is -1.50. The van der Waals surface area contributed by atoms with Gasteiger partial charge in [-0.25, -0.2) is 8.42 Å². The molecule has 0 spiro atoms. The van der Waals surface area contributed by atoms with Crippen molar-refractivity contribution in [3.05, 3.63) is 46.2 Å². The summed E-state index contributed by atoms with van der Waals surface area (Å²) in [6.07, 6.45) is 0. The molecule has 6 nitrogen and oxygen atoms in total. The summed E-state index contributed by atoms with van der Waals surface area (Å²) in [6, 6.07) is 8.16. The molecule has 0 atom stereocenters. The van der Waals surface area contributed by atoms with Crippen LogP contribution >= 0.6 is 11.3 Å². The summed E-state index contributed by atoms with van der Waals surface area (Å²) < 4.78 is 26.9. The van der Waals surface area contributed by atoms with Crippen molar-refractivity contribution in [2.24, 2.45) is 0 Å². The van der Waals surface area contributed by atoms with Gasteiger partial charge in [-0.15, -0.1) is 11.3 Å². The van der Waals surface area contributed by atoms with Gasteiger partial charge >= 0.3 is 0 Å². The third-order valence-electron chi connectivity index (χ3n) is 4.20. The van der Waals surface area contributed by atoms with E-state index in [2.05, 4.69) is 10.2 Å². The second kappa shape index (κ2) is 7.25. The Hall–Kier alpha value is -1.74. The first-order valence-corrected chi connectivity index (χ1v) is 10.3. The molecule has 2 heterocycles. The standard InChI is InChI=1S/C17H21N3O3S2/c1-13-11-14(12-24-13)17(21)18-15-3-5-16(6-4-15)25(22,23)20-9-7-19(2)8-10-20/h3-6,11-12H,7-10H2,1-2H3,(H,18,21). The lowest BCUT2D eigenvalue weighted by molar-refractivity contribution is 0.102. The lowest BCUT2D eigenvalue weighted by Crippen LogP contribution is -2.46. The molecule has 0 unspecified atom stereocenters. The van der Waals surface area contributed by atoms with E-state index in [9.17, 15) is 13.2 Å². The molecule has 0 aliphatic carbocycles. The highest BCUT2D eigenvalue weighted by Gasteiger charge is 2.27. The molecule has 0 radical (unpaired) electrons. The predicted molar refractivity (Wildman–Crippen MR) is 99.7 cm³/mol. The molecule has 2 aromatic rings. The molecule has 1 aromatic carbocycles. The lowest BCUT2D eigenvalue weighted by atomic mass is 10.2. The number of nitrogens with zero attached hydrogens (tertiary/aromatic N) is 2. The van der Waals surface area contributed by atoms with E-state index in [4.69, 9.17) is 0 Å². The number of thiophene rings is 1. The minimum Gasteiger partial charge on any atom is -0.322 e. The van der Waals surface area contributed by atoms with Crippen molar-refractivity contribution in [2.45, 2.75) is 11.8 Å². The second-order valence-electron chi connectivity index (χ2n) is 6.13. The zero-order valence-electron chi connectivity index (χ0n) is 14.2. The fraction of sp³-hybridized carbons (Fsp3) is 0.353. The van der Waals surface area contributed by atoms with Gasteiger partial charge in [-0.1, -0.05) is 0 Å². The van der Waals surface area contributed by atoms with Crippen LogP contribution < -0.4 is 5.32 Å². The van der Waals surface area contributed by atoms with Gasteiger partial charge < -0.3 is 10.2 Å². The molecular formula is C17H21N3O3S2. The Balaban J connectivity index is 1.70. The van der Waals surface area contributed by atoms with Crippen LogP contribution in [0.4, 0.5) is 5.69 Å². The first-order valence-electron chi connectivity index (χ1n) is 8.01. The summed E-state index contributed by atoms with van der Waals surface area (Å²) in [4.78, 5) is 15.6. The predicted octanol–water partition coefficient (Wildman–Crippen LogP) is 2.24. The SMILES string of the molecule is Cc1cc(C(=O)Nc2ccc(S(=O)(=O)N3CCN(C)CC3)cc2)cs1. The maximum atomic E-state index is 12.7. The number of sulfonamides is 1. The van der Waals surface area contributed by atoms with Crippen LogP contribution in [0, 0.1) is 6.92 Å². The summed E-state index contributed by atoms with van der Waals surface area (Å²) in [6.45, 7) is 4.39. The zero-order valence-corrected chi connectivity index (χ0v) is 15.9. The number of carbonyl (C=O) groups is 1. The number of hydrogen-bond acceptors (Lipinski definition) is 5. The normalized spacial score (nSPS) is 16.7. The highest BCUT2D eigenvalue weighted by Crippen LogP contribution is 2.21. The first kappa shape index (κ1) is 18.1. The largest absolute Gasteiger partial charge is 0.322 e. The van der Waals surface area contributed by atoms with Gasteiger partial charge in [-0.3, -0.25) is 4.79 Å². The van der Waals surface area contributed by atoms with Crippen molar-refractivity contribution in [1.82, 2.24) is 9.21 Å². The molecule has 1 saturated heterocycles. The third kappa shape index (κ3) is 4.09. The molecule has 1 N–H and O–H groups in total. The summed E-state index contributed by atoms with van der Waals surface area (Å²) in [5.74, 6) is -0.195. The third-order valence-corrected chi connectivity index (χ3v) is 6.98. The van der Waals surface area contributed by atoms with Crippen LogP contribution in [-0.4, -0.2) is 56.8 Å². The Morgan fingerprint density at radius 1 is 1.12 bits per heavy atom. The number of amides is 1. The van der Waals surface area contributed by atoms with E-state index in [-0.39, 0.29) is 10.8 Å². The highest BCUT2D eigenvalue weighted by molar-refractivity contribution is 7.89. The maximum Gasteiger partial charge on any atom is 0.256 e. The van der Waals surface area contributed by atoms with Crippen LogP contribution in [0.15, 0.2) is 40.6 Å². The second-order valence-corrected chi connectivity index (χ2v) is 9.19. The van der Waals surface area contributed by atoms with Gasteiger partial charge in [0, 0.05) is 42.1 Å². The molecule has 1 amide bonds. The van der Waals surface area contributed by atoms with Crippen LogP contribution in [0.5, 0.6) is 0 Å². The van der Waals surface area contributed by atoms with Crippen LogP contribution in [0.1, 0.15) is 15.2 Å². The molecule has 25 heavy (non-hydrogen) atoms. The van der Waals surface area contributed by atoms with Gasteiger partial charge in [-0.05, 0) is 44.3 Å². The van der Waals surface area contributed by atoms with Gasteiger partial charge in [0.2, 0.25) is 10.0 Å². The monoisotopic (exact) mass is 379 g/mol. The van der Waals surface area contributed by atoms with Crippen molar-refractivity contribution >= 4 is 33.0 Å². The van der Waals surface area contributed by atoms with E-state index < -0.39 is 10.0 Å². The van der Waals surface area contributed by atoms with Gasteiger partial charge in [0.15, 0.2) is 0 Å². The summed E-state index contributed by atoms with van der Waals surface area (Å²) >= 11 is 1.52. The Kier molecular flexibility index (Phi) is 5.24. The van der Waals surface area contributed by atoms with Crippen molar-refractivity contribution in [2.75, 3.05) is 38.5 Å². The molecule has 134 valence electrons. The quantitative estimate of drug-likeness (QED) is 0.885. The Morgan fingerprint density at radius 3 is 2.32 bits per heavy atom. The number of nitrogens with one attached hydrogen (secondary N) is 1. The number of piperazine rings is 1. The van der Waals surface area contributed by atoms with Crippen LogP contribution in [0.3, 0.4) is 0 Å². The molecule has 8 heteroatoms. The minimum absolute atomic E-state index is 0.195. The number of aryl methyl sites for hydroxylation is 1. The molecule has 1 fully saturated rings. The van der Waals surface area contributed by atoms with E-state index >= 15 is 0 Å². The average molecular weight is 380 g/mol. The van der Waals surface area contributed by atoms with E-state index in [1.165, 1.54) is 15.6 Å². The van der Waals surface area contributed by atoms with E-state index in [0.29, 0.717) is 24.3 Å². The van der Waals surface area contributed by atoms with Gasteiger partial charge in [-0.2, -0.15) is 4.31 Å². The molecule has 1 aliphatic rings. The summed E-state index contributed by atoms with van der Waals surface area (Å²) in [5, 5.41) is 4.59. The van der Waals surface area contributed by atoms with Crippen molar-refractivity contribution in [1.29, 1.82) is 0 Å². The topological polar surface area (TPSA) is 69.7 Å². The number of likely N-dealkylation sites (N-methyl/N-ethyl adjacent to an activating group) is 1. The van der Waals surface area contributed by atoms with Gasteiger partial charge in [0.05, 0.1) is 10.5 Å². The van der Waals surface area contributed by atoms with E-state index in [1.807, 2.05) is 20.0 Å². The van der Waals surface area contributed by atoms with Gasteiger partial charge in [0.25, 0.3) is 5.91 Å². The van der Waals surface area contributed by atoms with Crippen LogP contribution in [-0.2, 0) is 10.0 Å². The van der Waals surface area contributed by atoms with E-state index in [0.717, 1.165) is 18.0 Å². The number of benzene rings is 1. The lowest BCUT2D eigenvalue weighted by Gasteiger charge is -2.31. The summed E-state index contributed by atoms with van der Waals surface area (Å²) in [5.41, 5.74) is 1.18. The minimum atomic E-state index is -3.48. The molecule has 0 saturated carbocycles. The highest BCUT2D eigenvalue weighted by atomic mass is 32.2. The zero-order chi connectivity index (χ0) is 18.0. The average Bonchev–Trinajstić information content (AvgIpc) is 3.02. The smallest absolute Gasteiger partial charge is 0.256 e. The van der Waals surface area contributed by atoms with Crippen LogP contribution in [0.2, 0.25) is 0 Å². The molecule has 1 aromatic heterocycles. The Labute approximate surface area is 152 Å². The van der Waals surface area contributed by atoms with Gasteiger partial charge in [0.1, 0.15) is 0 Å². The molecule has 3 rings (SSSR count). The van der Waals surface area contributed by atoms with E-state index in [1.54, 1.807) is 29.6 Å². The maximum absolute atomic E-state index is 12.7. The molecular weight excluding hydrogens is 358 g/mol. The van der Waals surface area contributed by atoms with Crippen molar-refractivity contribution in [3.8, 4) is 0 Å². The van der Waals surface area contributed by atoms with Crippen LogP contribution in [0.25, 0.3) is 0 Å². The van der Waals surface area contributed by atoms with Crippen molar-refractivity contribution < 1.29 is 13.2 Å². The fourth-order valence-corrected chi connectivity index (χ4v) is 4.76. The Bertz CT molecular complexity index is 852. The Morgan fingerprint density at radius 2 is 1.76 bits per heavy atom. The molecule has 0 bridgehead atoms. The number of carbonyl (C=O) groups excluding carboxylic acids is 1. The first-order chi connectivity index (χ1) is 11.9. The molecule has 1 aliphatic heterocycles. The van der Waals surface area contributed by atoms with Crippen molar-refractivity contribution in [3.63, 3.8) is 0 Å².